The molecule has 3 rings (SSSR count). The highest BCUT2D eigenvalue weighted by Crippen LogP contribution is 2.34. The summed E-state index contributed by atoms with van der Waals surface area (Å²) in [6, 6.07) is 9.59. The SMILES string of the molecule is Cc1cccc(C2OCCCC2CNC2CC2)c1. The maximum absolute atomic E-state index is 6.04. The molecule has 1 aromatic rings. The van der Waals surface area contributed by atoms with Crippen molar-refractivity contribution in [1.29, 1.82) is 0 Å². The fraction of sp³-hybridized carbons (Fsp3) is 0.625. The highest BCUT2D eigenvalue weighted by Gasteiger charge is 2.29. The zero-order valence-electron chi connectivity index (χ0n) is 11.2. The van der Waals surface area contributed by atoms with Gasteiger partial charge in [-0.1, -0.05) is 29.8 Å². The Labute approximate surface area is 110 Å². The zero-order chi connectivity index (χ0) is 12.4. The fourth-order valence-corrected chi connectivity index (χ4v) is 2.87. The lowest BCUT2D eigenvalue weighted by molar-refractivity contribution is -0.0278. The zero-order valence-corrected chi connectivity index (χ0v) is 11.2. The average Bonchev–Trinajstić information content (AvgIpc) is 3.21. The van der Waals surface area contributed by atoms with Crippen molar-refractivity contribution < 1.29 is 4.74 Å². The third kappa shape index (κ3) is 2.93. The summed E-state index contributed by atoms with van der Waals surface area (Å²) in [7, 11) is 0. The summed E-state index contributed by atoms with van der Waals surface area (Å²) in [6.45, 7) is 4.19. The van der Waals surface area contributed by atoms with Crippen molar-refractivity contribution in [2.75, 3.05) is 13.2 Å². The number of ether oxygens (including phenoxy) is 1. The lowest BCUT2D eigenvalue weighted by Gasteiger charge is -2.32. The first-order chi connectivity index (χ1) is 8.83. The monoisotopic (exact) mass is 245 g/mol. The second-order valence-corrected chi connectivity index (χ2v) is 5.79. The fourth-order valence-electron chi connectivity index (χ4n) is 2.87. The van der Waals surface area contributed by atoms with Crippen LogP contribution in [0.4, 0.5) is 0 Å². The Morgan fingerprint density at radius 3 is 2.94 bits per heavy atom. The van der Waals surface area contributed by atoms with Gasteiger partial charge < -0.3 is 10.1 Å². The van der Waals surface area contributed by atoms with E-state index in [4.69, 9.17) is 4.74 Å². The summed E-state index contributed by atoms with van der Waals surface area (Å²) >= 11 is 0. The molecule has 1 aromatic carbocycles. The number of rotatable bonds is 4. The van der Waals surface area contributed by atoms with Crippen LogP contribution in [0.25, 0.3) is 0 Å². The summed E-state index contributed by atoms with van der Waals surface area (Å²) in [5.41, 5.74) is 2.69. The quantitative estimate of drug-likeness (QED) is 0.879. The summed E-state index contributed by atoms with van der Waals surface area (Å²) in [4.78, 5) is 0. The standard InChI is InChI=1S/C16H23NO/c1-12-4-2-5-13(10-12)16-14(6-3-9-18-16)11-17-15-7-8-15/h2,4-5,10,14-17H,3,6-9,11H2,1H3. The number of aryl methyl sites for hydroxylation is 1. The van der Waals surface area contributed by atoms with E-state index in [0.717, 1.165) is 19.2 Å². The maximum atomic E-state index is 6.04. The second kappa shape index (κ2) is 5.41. The molecule has 2 atom stereocenters. The molecule has 2 fully saturated rings. The van der Waals surface area contributed by atoms with Crippen molar-refractivity contribution in [3.63, 3.8) is 0 Å². The molecule has 2 unspecified atom stereocenters. The number of benzene rings is 1. The van der Waals surface area contributed by atoms with Gasteiger partial charge in [-0.25, -0.2) is 0 Å². The Hall–Kier alpha value is -0.860. The molecule has 2 heteroatoms. The first kappa shape index (κ1) is 12.2. The van der Waals surface area contributed by atoms with Crippen molar-refractivity contribution in [3.8, 4) is 0 Å². The van der Waals surface area contributed by atoms with Crippen LogP contribution in [0.5, 0.6) is 0 Å². The molecule has 0 radical (unpaired) electrons. The molecule has 2 nitrogen and oxygen atoms in total. The molecular formula is C16H23NO. The van der Waals surface area contributed by atoms with Crippen LogP contribution in [-0.4, -0.2) is 19.2 Å². The van der Waals surface area contributed by atoms with Gasteiger partial charge >= 0.3 is 0 Å². The molecule has 0 amide bonds. The highest BCUT2D eigenvalue weighted by molar-refractivity contribution is 5.25. The first-order valence-electron chi connectivity index (χ1n) is 7.24. The molecule has 98 valence electrons. The van der Waals surface area contributed by atoms with E-state index in [1.54, 1.807) is 0 Å². The minimum absolute atomic E-state index is 0.296. The van der Waals surface area contributed by atoms with E-state index in [1.165, 1.54) is 36.8 Å². The van der Waals surface area contributed by atoms with E-state index in [1.807, 2.05) is 0 Å². The Morgan fingerprint density at radius 2 is 2.17 bits per heavy atom. The molecule has 18 heavy (non-hydrogen) atoms. The van der Waals surface area contributed by atoms with Crippen LogP contribution in [0.3, 0.4) is 0 Å². The molecule has 1 saturated heterocycles. The first-order valence-corrected chi connectivity index (χ1v) is 7.24. The van der Waals surface area contributed by atoms with Crippen LogP contribution in [-0.2, 0) is 4.74 Å². The topological polar surface area (TPSA) is 21.3 Å². The summed E-state index contributed by atoms with van der Waals surface area (Å²) in [6.07, 6.45) is 5.52. The average molecular weight is 245 g/mol. The molecule has 1 aliphatic carbocycles. The third-order valence-corrected chi connectivity index (χ3v) is 4.06. The van der Waals surface area contributed by atoms with Gasteiger partial charge in [0.1, 0.15) is 0 Å². The van der Waals surface area contributed by atoms with Gasteiger partial charge in [-0.2, -0.15) is 0 Å². The van der Waals surface area contributed by atoms with E-state index < -0.39 is 0 Å². The van der Waals surface area contributed by atoms with E-state index in [2.05, 4.69) is 36.5 Å². The molecule has 2 aliphatic rings. The molecule has 0 aromatic heterocycles. The predicted octanol–water partition coefficient (Wildman–Crippen LogP) is 3.21. The Balaban J connectivity index is 1.69. The van der Waals surface area contributed by atoms with Gasteiger partial charge in [0, 0.05) is 25.1 Å². The third-order valence-electron chi connectivity index (χ3n) is 4.06. The molecule has 1 N–H and O–H groups in total. The minimum Gasteiger partial charge on any atom is -0.373 e. The molecular weight excluding hydrogens is 222 g/mol. The van der Waals surface area contributed by atoms with Crippen molar-refractivity contribution >= 4 is 0 Å². The van der Waals surface area contributed by atoms with Crippen molar-refractivity contribution in [2.24, 2.45) is 5.92 Å². The number of nitrogens with one attached hydrogen (secondary N) is 1. The van der Waals surface area contributed by atoms with Gasteiger partial charge in [-0.05, 0) is 38.2 Å². The van der Waals surface area contributed by atoms with Crippen molar-refractivity contribution in [1.82, 2.24) is 5.32 Å². The van der Waals surface area contributed by atoms with E-state index in [-0.39, 0.29) is 0 Å². The number of hydrogen-bond acceptors (Lipinski definition) is 2. The molecule has 0 bridgehead atoms. The Kier molecular flexibility index (Phi) is 3.67. The van der Waals surface area contributed by atoms with Crippen LogP contribution >= 0.6 is 0 Å². The summed E-state index contributed by atoms with van der Waals surface area (Å²) < 4.78 is 6.04. The molecule has 1 heterocycles. The van der Waals surface area contributed by atoms with Crippen LogP contribution in [0, 0.1) is 12.8 Å². The Morgan fingerprint density at radius 1 is 1.28 bits per heavy atom. The lowest BCUT2D eigenvalue weighted by Crippen LogP contribution is -2.32. The van der Waals surface area contributed by atoms with Gasteiger partial charge in [0.2, 0.25) is 0 Å². The Bertz CT molecular complexity index is 400. The van der Waals surface area contributed by atoms with E-state index in [9.17, 15) is 0 Å². The second-order valence-electron chi connectivity index (χ2n) is 5.79. The smallest absolute Gasteiger partial charge is 0.0865 e. The van der Waals surface area contributed by atoms with Crippen LogP contribution in [0.15, 0.2) is 24.3 Å². The summed E-state index contributed by atoms with van der Waals surface area (Å²) in [5.74, 6) is 0.640. The minimum atomic E-state index is 0.296. The molecule has 1 saturated carbocycles. The number of hydrogen-bond donors (Lipinski definition) is 1. The van der Waals surface area contributed by atoms with Gasteiger partial charge in [0.15, 0.2) is 0 Å². The summed E-state index contributed by atoms with van der Waals surface area (Å²) in [5, 5.41) is 3.66. The van der Waals surface area contributed by atoms with E-state index >= 15 is 0 Å². The van der Waals surface area contributed by atoms with Crippen LogP contribution in [0.2, 0.25) is 0 Å². The maximum Gasteiger partial charge on any atom is 0.0865 e. The predicted molar refractivity (Wildman–Crippen MR) is 73.6 cm³/mol. The highest BCUT2D eigenvalue weighted by atomic mass is 16.5. The van der Waals surface area contributed by atoms with Gasteiger partial charge in [0.25, 0.3) is 0 Å². The van der Waals surface area contributed by atoms with Crippen LogP contribution < -0.4 is 5.32 Å². The molecule has 1 aliphatic heterocycles. The van der Waals surface area contributed by atoms with Gasteiger partial charge in [-0.15, -0.1) is 0 Å². The van der Waals surface area contributed by atoms with Crippen molar-refractivity contribution in [2.45, 2.75) is 44.8 Å². The van der Waals surface area contributed by atoms with E-state index in [0.29, 0.717) is 12.0 Å². The van der Waals surface area contributed by atoms with Crippen molar-refractivity contribution in [3.05, 3.63) is 35.4 Å². The van der Waals surface area contributed by atoms with Gasteiger partial charge in [-0.3, -0.25) is 0 Å². The normalized spacial score (nSPS) is 28.3. The van der Waals surface area contributed by atoms with Crippen LogP contribution in [0.1, 0.15) is 42.9 Å². The largest absolute Gasteiger partial charge is 0.373 e. The lowest BCUT2D eigenvalue weighted by atomic mass is 9.89. The molecule has 0 spiro atoms. The van der Waals surface area contributed by atoms with Gasteiger partial charge in [0.05, 0.1) is 6.10 Å².